The van der Waals surface area contributed by atoms with E-state index in [2.05, 4.69) is 37.9 Å². The van der Waals surface area contributed by atoms with Crippen molar-refractivity contribution in [1.29, 1.82) is 0 Å². The predicted octanol–water partition coefficient (Wildman–Crippen LogP) is 1.59. The van der Waals surface area contributed by atoms with Gasteiger partial charge in [-0.1, -0.05) is 38.1 Å². The summed E-state index contributed by atoms with van der Waals surface area (Å²) < 4.78 is 0. The third-order valence-electron chi connectivity index (χ3n) is 4.70. The number of imide groups is 1. The quantitative estimate of drug-likeness (QED) is 0.612. The van der Waals surface area contributed by atoms with Crippen LogP contribution in [-0.4, -0.2) is 50.2 Å². The van der Waals surface area contributed by atoms with E-state index in [0.717, 1.165) is 11.4 Å². The summed E-state index contributed by atoms with van der Waals surface area (Å²) in [5.74, 6) is -0.928. The van der Waals surface area contributed by atoms with Crippen LogP contribution in [0.3, 0.4) is 0 Å². The molecule has 1 aliphatic heterocycles. The summed E-state index contributed by atoms with van der Waals surface area (Å²) in [6, 6.07) is 12.4. The van der Waals surface area contributed by atoms with Gasteiger partial charge in [0.25, 0.3) is 5.91 Å². The first-order valence-corrected chi connectivity index (χ1v) is 9.47. The standard InChI is InChI=1S/C22H26N4O2/c1-22(2,15-25(3)4)14-23-13-18-16-9-5-6-10-17(16)20(27)26(21(18)28)19-11-7-8-12-24-19/h5-13,18H,14-15H2,1-4H3/p+1. The zero-order valence-electron chi connectivity index (χ0n) is 16.8. The second-order valence-electron chi connectivity index (χ2n) is 8.27. The van der Waals surface area contributed by atoms with Crippen LogP contribution in [0.4, 0.5) is 5.82 Å². The molecule has 2 heterocycles. The summed E-state index contributed by atoms with van der Waals surface area (Å²) in [6.07, 6.45) is 3.27. The molecule has 2 aromatic rings. The lowest BCUT2D eigenvalue weighted by atomic mass is 9.88. The van der Waals surface area contributed by atoms with Crippen LogP contribution in [0.2, 0.25) is 0 Å². The van der Waals surface area contributed by atoms with Crippen molar-refractivity contribution < 1.29 is 14.5 Å². The number of rotatable bonds is 6. The van der Waals surface area contributed by atoms with Crippen LogP contribution in [0.25, 0.3) is 0 Å². The topological polar surface area (TPSA) is 67.1 Å². The van der Waals surface area contributed by atoms with Crippen molar-refractivity contribution in [2.45, 2.75) is 19.8 Å². The zero-order chi connectivity index (χ0) is 20.3. The Morgan fingerprint density at radius 3 is 2.54 bits per heavy atom. The molecule has 0 saturated carbocycles. The number of amides is 2. The van der Waals surface area contributed by atoms with Crippen LogP contribution in [0, 0.1) is 5.41 Å². The predicted molar refractivity (Wildman–Crippen MR) is 110 cm³/mol. The van der Waals surface area contributed by atoms with Gasteiger partial charge in [0, 0.05) is 29.9 Å². The van der Waals surface area contributed by atoms with Crippen molar-refractivity contribution in [1.82, 2.24) is 4.98 Å². The minimum atomic E-state index is -0.599. The van der Waals surface area contributed by atoms with Gasteiger partial charge in [0.1, 0.15) is 5.82 Å². The maximum atomic E-state index is 13.2. The van der Waals surface area contributed by atoms with Crippen molar-refractivity contribution in [3.63, 3.8) is 0 Å². The molecule has 146 valence electrons. The number of hydrogen-bond acceptors (Lipinski definition) is 4. The van der Waals surface area contributed by atoms with Gasteiger partial charge in [0.15, 0.2) is 0 Å². The van der Waals surface area contributed by atoms with E-state index >= 15 is 0 Å². The average molecular weight is 379 g/mol. The number of anilines is 1. The molecule has 3 rings (SSSR count). The number of hydrogen-bond donors (Lipinski definition) is 1. The summed E-state index contributed by atoms with van der Waals surface area (Å²) in [7, 11) is 4.23. The van der Waals surface area contributed by atoms with Gasteiger partial charge in [-0.2, -0.15) is 0 Å². The molecule has 0 radical (unpaired) electrons. The highest BCUT2D eigenvalue weighted by Crippen LogP contribution is 2.31. The van der Waals surface area contributed by atoms with Gasteiger partial charge < -0.3 is 4.90 Å². The van der Waals surface area contributed by atoms with Crippen LogP contribution < -0.4 is 9.80 Å². The number of fused-ring (bicyclic) bond motifs is 1. The SMILES string of the molecule is C[NH+](C)CC(C)(C)CN=CC1C(=O)N(c2ccccn2)C(=O)c2ccccc21. The largest absolute Gasteiger partial charge is 0.339 e. The number of benzene rings is 1. The molecule has 1 aromatic heterocycles. The second-order valence-corrected chi connectivity index (χ2v) is 8.27. The molecule has 1 N–H and O–H groups in total. The molecule has 0 bridgehead atoms. The van der Waals surface area contributed by atoms with Crippen molar-refractivity contribution in [3.8, 4) is 0 Å². The van der Waals surface area contributed by atoms with Crippen LogP contribution in [0.15, 0.2) is 53.7 Å². The number of nitrogens with one attached hydrogen (secondary N) is 1. The maximum Gasteiger partial charge on any atom is 0.266 e. The smallest absolute Gasteiger partial charge is 0.266 e. The molecule has 1 aromatic carbocycles. The van der Waals surface area contributed by atoms with Crippen molar-refractivity contribution >= 4 is 23.8 Å². The number of quaternary nitrogens is 1. The van der Waals surface area contributed by atoms with Crippen LogP contribution >= 0.6 is 0 Å². The van der Waals surface area contributed by atoms with E-state index in [9.17, 15) is 9.59 Å². The Morgan fingerprint density at radius 1 is 1.14 bits per heavy atom. The minimum Gasteiger partial charge on any atom is -0.339 e. The Kier molecular flexibility index (Phi) is 5.70. The molecule has 0 aliphatic carbocycles. The molecule has 2 amide bonds. The van der Waals surface area contributed by atoms with E-state index in [1.807, 2.05) is 12.1 Å². The lowest BCUT2D eigenvalue weighted by molar-refractivity contribution is -0.865. The van der Waals surface area contributed by atoms with Crippen molar-refractivity contribution in [3.05, 3.63) is 59.8 Å². The zero-order valence-corrected chi connectivity index (χ0v) is 16.8. The van der Waals surface area contributed by atoms with Gasteiger partial charge in [-0.15, -0.1) is 0 Å². The van der Waals surface area contributed by atoms with E-state index in [4.69, 9.17) is 0 Å². The summed E-state index contributed by atoms with van der Waals surface area (Å²) in [5, 5.41) is 0. The van der Waals surface area contributed by atoms with Gasteiger partial charge in [-0.3, -0.25) is 14.6 Å². The molecule has 0 spiro atoms. The molecule has 0 saturated heterocycles. The highest BCUT2D eigenvalue weighted by atomic mass is 16.2. The van der Waals surface area contributed by atoms with Crippen molar-refractivity contribution in [2.24, 2.45) is 10.4 Å². The van der Waals surface area contributed by atoms with E-state index in [1.165, 1.54) is 4.90 Å². The third kappa shape index (κ3) is 4.17. The van der Waals surface area contributed by atoms with Gasteiger partial charge in [-0.05, 0) is 23.8 Å². The Bertz CT molecular complexity index is 890. The number of aromatic nitrogens is 1. The number of aliphatic imine (C=N–C) groups is 1. The molecular formula is C22H27N4O2+. The fourth-order valence-electron chi connectivity index (χ4n) is 3.72. The summed E-state index contributed by atoms with van der Waals surface area (Å²) >= 11 is 0. The van der Waals surface area contributed by atoms with E-state index in [1.54, 1.807) is 42.7 Å². The number of pyridine rings is 1. The average Bonchev–Trinajstić information content (AvgIpc) is 2.64. The van der Waals surface area contributed by atoms with Crippen LogP contribution in [0.1, 0.15) is 35.7 Å². The number of nitrogens with zero attached hydrogens (tertiary/aromatic N) is 3. The normalized spacial score (nSPS) is 17.5. The second kappa shape index (κ2) is 8.02. The molecule has 1 atom stereocenters. The minimum absolute atomic E-state index is 0.0169. The molecule has 6 nitrogen and oxygen atoms in total. The molecular weight excluding hydrogens is 352 g/mol. The van der Waals surface area contributed by atoms with Gasteiger partial charge in [-0.25, -0.2) is 9.88 Å². The summed E-state index contributed by atoms with van der Waals surface area (Å²) in [6.45, 7) is 5.91. The van der Waals surface area contributed by atoms with Gasteiger partial charge in [0.2, 0.25) is 5.91 Å². The van der Waals surface area contributed by atoms with Gasteiger partial charge in [0.05, 0.1) is 26.6 Å². The fourth-order valence-corrected chi connectivity index (χ4v) is 3.72. The number of carbonyl (C=O) groups excluding carboxylic acids is 2. The first-order valence-electron chi connectivity index (χ1n) is 9.47. The van der Waals surface area contributed by atoms with E-state index in [-0.39, 0.29) is 17.2 Å². The monoisotopic (exact) mass is 379 g/mol. The van der Waals surface area contributed by atoms with Crippen molar-refractivity contribution in [2.75, 3.05) is 32.1 Å². The molecule has 0 fully saturated rings. The Labute approximate surface area is 165 Å². The van der Waals surface area contributed by atoms with Gasteiger partial charge >= 0.3 is 0 Å². The highest BCUT2D eigenvalue weighted by molar-refractivity contribution is 6.28. The van der Waals surface area contributed by atoms with Crippen LogP contribution in [-0.2, 0) is 4.79 Å². The maximum absolute atomic E-state index is 13.2. The third-order valence-corrected chi connectivity index (χ3v) is 4.70. The summed E-state index contributed by atoms with van der Waals surface area (Å²) in [4.78, 5) is 37.5. The Balaban J connectivity index is 1.93. The van der Waals surface area contributed by atoms with Crippen LogP contribution in [0.5, 0.6) is 0 Å². The number of carbonyl (C=O) groups is 2. The highest BCUT2D eigenvalue weighted by Gasteiger charge is 2.39. The lowest BCUT2D eigenvalue weighted by Crippen LogP contribution is -3.07. The molecule has 1 aliphatic rings. The summed E-state index contributed by atoms with van der Waals surface area (Å²) in [5.41, 5.74) is 1.23. The van der Waals surface area contributed by atoms with E-state index in [0.29, 0.717) is 23.5 Å². The Morgan fingerprint density at radius 2 is 1.86 bits per heavy atom. The fraction of sp³-hybridized carbons (Fsp3) is 0.364. The molecule has 1 unspecified atom stereocenters. The lowest BCUT2D eigenvalue weighted by Gasteiger charge is -2.30. The Hall–Kier alpha value is -2.86. The first-order chi connectivity index (χ1) is 13.3. The van der Waals surface area contributed by atoms with E-state index < -0.39 is 5.92 Å². The molecule has 6 heteroatoms. The first kappa shape index (κ1) is 19.9. The molecule has 28 heavy (non-hydrogen) atoms.